The van der Waals surface area contributed by atoms with E-state index in [2.05, 4.69) is 18.7 Å². The van der Waals surface area contributed by atoms with Crippen molar-refractivity contribution in [3.63, 3.8) is 0 Å². The van der Waals surface area contributed by atoms with Gasteiger partial charge in [0, 0.05) is 13.2 Å². The van der Waals surface area contributed by atoms with E-state index in [1.165, 1.54) is 0 Å². The van der Waals surface area contributed by atoms with Gasteiger partial charge in [0.2, 0.25) is 0 Å². The molecular weight excluding hydrogens is 200 g/mol. The summed E-state index contributed by atoms with van der Waals surface area (Å²) >= 11 is 0. The smallest absolute Gasteiger partial charge is 0.193 e. The van der Waals surface area contributed by atoms with Gasteiger partial charge in [-0.15, -0.1) is 0 Å². The molecule has 0 bridgehead atoms. The Morgan fingerprint density at radius 3 is 2.69 bits per heavy atom. The highest BCUT2D eigenvalue weighted by atomic mass is 16.1. The Morgan fingerprint density at radius 1 is 1.50 bits per heavy atom. The van der Waals surface area contributed by atoms with E-state index in [0.29, 0.717) is 12.5 Å². The number of carbonyl (C=O) groups is 1. The molecule has 0 atom stereocenters. The fourth-order valence-corrected chi connectivity index (χ4v) is 1.63. The first-order valence-electron chi connectivity index (χ1n) is 5.83. The Labute approximate surface area is 98.1 Å². The molecule has 16 heavy (non-hydrogen) atoms. The molecule has 0 saturated carbocycles. The number of hydrogen-bond acceptors (Lipinski definition) is 2. The Hall–Kier alpha value is -1.09. The molecule has 0 aromatic carbocycles. The zero-order chi connectivity index (χ0) is 12.1. The lowest BCUT2D eigenvalue weighted by Gasteiger charge is -2.17. The Bertz CT molecular complexity index is 341. The number of hydrogen-bond donors (Lipinski definition) is 0. The number of Topliss-reactive ketones (excluding diaryl/α,β-unsaturated/α-hetero) is 1. The van der Waals surface area contributed by atoms with E-state index in [9.17, 15) is 4.79 Å². The molecule has 3 heteroatoms. The zero-order valence-corrected chi connectivity index (χ0v) is 10.7. The molecule has 0 spiro atoms. The van der Waals surface area contributed by atoms with Crippen LogP contribution in [0, 0.1) is 5.92 Å². The van der Waals surface area contributed by atoms with Gasteiger partial charge in [-0.2, -0.15) is 0 Å². The van der Waals surface area contributed by atoms with E-state index in [1.807, 2.05) is 37.0 Å². The summed E-state index contributed by atoms with van der Waals surface area (Å²) in [4.78, 5) is 14.0. The lowest BCUT2D eigenvalue weighted by Crippen LogP contribution is -2.28. The first-order chi connectivity index (χ1) is 7.50. The summed E-state index contributed by atoms with van der Waals surface area (Å²) in [7, 11) is 3.91. The molecule has 0 N–H and O–H groups in total. The van der Waals surface area contributed by atoms with Crippen LogP contribution in [0.5, 0.6) is 0 Å². The molecule has 1 aromatic heterocycles. The van der Waals surface area contributed by atoms with Crippen LogP contribution >= 0.6 is 0 Å². The van der Waals surface area contributed by atoms with Crippen LogP contribution in [-0.2, 0) is 7.05 Å². The van der Waals surface area contributed by atoms with Gasteiger partial charge in [-0.05, 0) is 38.1 Å². The highest BCUT2D eigenvalue weighted by molar-refractivity contribution is 5.96. The topological polar surface area (TPSA) is 25.2 Å². The molecule has 0 aliphatic heterocycles. The molecule has 0 amide bonds. The lowest BCUT2D eigenvalue weighted by molar-refractivity contribution is 0.0936. The summed E-state index contributed by atoms with van der Waals surface area (Å²) in [5.74, 6) is 0.881. The normalized spacial score (nSPS) is 11.4. The van der Waals surface area contributed by atoms with Crippen LogP contribution in [0.3, 0.4) is 0 Å². The van der Waals surface area contributed by atoms with Crippen molar-refractivity contribution in [2.75, 3.05) is 20.1 Å². The van der Waals surface area contributed by atoms with E-state index in [4.69, 9.17) is 0 Å². The summed E-state index contributed by atoms with van der Waals surface area (Å²) in [5, 5.41) is 0. The maximum absolute atomic E-state index is 11.9. The van der Waals surface area contributed by atoms with E-state index in [1.54, 1.807) is 0 Å². The largest absolute Gasteiger partial charge is 0.348 e. The van der Waals surface area contributed by atoms with Crippen molar-refractivity contribution in [1.29, 1.82) is 0 Å². The van der Waals surface area contributed by atoms with Crippen LogP contribution in [0.1, 0.15) is 30.8 Å². The molecular formula is C13H22N2O. The molecule has 3 nitrogen and oxygen atoms in total. The third-order valence-corrected chi connectivity index (χ3v) is 2.73. The highest BCUT2D eigenvalue weighted by Gasteiger charge is 2.11. The lowest BCUT2D eigenvalue weighted by atomic mass is 10.1. The van der Waals surface area contributed by atoms with Crippen molar-refractivity contribution in [2.45, 2.75) is 20.3 Å². The van der Waals surface area contributed by atoms with Crippen LogP contribution in [0.25, 0.3) is 0 Å². The van der Waals surface area contributed by atoms with Gasteiger partial charge >= 0.3 is 0 Å². The van der Waals surface area contributed by atoms with Crippen LogP contribution < -0.4 is 0 Å². The first-order valence-corrected chi connectivity index (χ1v) is 5.83. The maximum atomic E-state index is 11.9. The molecule has 1 heterocycles. The SMILES string of the molecule is CC(C)CCN(C)CC(=O)c1cccn1C. The quantitative estimate of drug-likeness (QED) is 0.689. The van der Waals surface area contributed by atoms with Gasteiger partial charge in [0.1, 0.15) is 0 Å². The molecule has 0 unspecified atom stereocenters. The molecule has 0 radical (unpaired) electrons. The molecule has 0 aliphatic rings. The van der Waals surface area contributed by atoms with E-state index >= 15 is 0 Å². The van der Waals surface area contributed by atoms with E-state index < -0.39 is 0 Å². The van der Waals surface area contributed by atoms with Gasteiger partial charge in [-0.1, -0.05) is 13.8 Å². The predicted octanol–water partition coefficient (Wildman–Crippen LogP) is 2.19. The number of rotatable bonds is 6. The number of ketones is 1. The summed E-state index contributed by atoms with van der Waals surface area (Å²) in [5.41, 5.74) is 0.788. The van der Waals surface area contributed by atoms with Gasteiger partial charge in [0.25, 0.3) is 0 Å². The monoisotopic (exact) mass is 222 g/mol. The van der Waals surface area contributed by atoms with Crippen molar-refractivity contribution in [3.05, 3.63) is 24.0 Å². The summed E-state index contributed by atoms with van der Waals surface area (Å²) in [6.45, 7) is 5.89. The van der Waals surface area contributed by atoms with Crippen LogP contribution in [0.4, 0.5) is 0 Å². The minimum atomic E-state index is 0.193. The highest BCUT2D eigenvalue weighted by Crippen LogP contribution is 2.04. The average molecular weight is 222 g/mol. The van der Waals surface area contributed by atoms with E-state index in [-0.39, 0.29) is 5.78 Å². The standard InChI is InChI=1S/C13H22N2O/c1-11(2)7-9-14(3)10-13(16)12-6-5-8-15(12)4/h5-6,8,11H,7,9-10H2,1-4H3. The fraction of sp³-hybridized carbons (Fsp3) is 0.615. The maximum Gasteiger partial charge on any atom is 0.193 e. The first kappa shape index (κ1) is 13.0. The Balaban J connectivity index is 2.43. The predicted molar refractivity (Wildman–Crippen MR) is 66.7 cm³/mol. The van der Waals surface area contributed by atoms with Gasteiger partial charge in [-0.3, -0.25) is 9.69 Å². The van der Waals surface area contributed by atoms with Crippen molar-refractivity contribution in [2.24, 2.45) is 13.0 Å². The number of carbonyl (C=O) groups excluding carboxylic acids is 1. The van der Waals surface area contributed by atoms with E-state index in [0.717, 1.165) is 18.7 Å². The van der Waals surface area contributed by atoms with Gasteiger partial charge in [-0.25, -0.2) is 0 Å². The van der Waals surface area contributed by atoms with Gasteiger partial charge < -0.3 is 4.57 Å². The molecule has 0 aliphatic carbocycles. The average Bonchev–Trinajstić information content (AvgIpc) is 2.61. The second kappa shape index (κ2) is 5.85. The number of aromatic nitrogens is 1. The van der Waals surface area contributed by atoms with Gasteiger partial charge in [0.05, 0.1) is 12.2 Å². The van der Waals surface area contributed by atoms with Crippen molar-refractivity contribution >= 4 is 5.78 Å². The van der Waals surface area contributed by atoms with Crippen LogP contribution in [-0.4, -0.2) is 35.4 Å². The number of likely N-dealkylation sites (N-methyl/N-ethyl adjacent to an activating group) is 1. The Kier molecular flexibility index (Phi) is 4.74. The summed E-state index contributed by atoms with van der Waals surface area (Å²) < 4.78 is 1.87. The minimum absolute atomic E-state index is 0.193. The second-order valence-electron chi connectivity index (χ2n) is 4.85. The second-order valence-corrected chi connectivity index (χ2v) is 4.85. The minimum Gasteiger partial charge on any atom is -0.348 e. The Morgan fingerprint density at radius 2 is 2.19 bits per heavy atom. The summed E-state index contributed by atoms with van der Waals surface area (Å²) in [6.07, 6.45) is 3.04. The molecule has 0 saturated heterocycles. The third kappa shape index (κ3) is 3.81. The molecule has 90 valence electrons. The fourth-order valence-electron chi connectivity index (χ4n) is 1.63. The third-order valence-electron chi connectivity index (χ3n) is 2.73. The number of aryl methyl sites for hydroxylation is 1. The molecule has 1 aromatic rings. The summed E-state index contributed by atoms with van der Waals surface area (Å²) in [6, 6.07) is 3.78. The van der Waals surface area contributed by atoms with Crippen molar-refractivity contribution in [1.82, 2.24) is 9.47 Å². The van der Waals surface area contributed by atoms with Crippen LogP contribution in [0.15, 0.2) is 18.3 Å². The zero-order valence-electron chi connectivity index (χ0n) is 10.7. The molecule has 1 rings (SSSR count). The van der Waals surface area contributed by atoms with Crippen molar-refractivity contribution in [3.8, 4) is 0 Å². The molecule has 0 fully saturated rings. The van der Waals surface area contributed by atoms with Crippen molar-refractivity contribution < 1.29 is 4.79 Å². The number of nitrogens with zero attached hydrogens (tertiary/aromatic N) is 2. The van der Waals surface area contributed by atoms with Crippen LogP contribution in [0.2, 0.25) is 0 Å². The van der Waals surface area contributed by atoms with Gasteiger partial charge in [0.15, 0.2) is 5.78 Å².